The van der Waals surface area contributed by atoms with E-state index in [9.17, 15) is 0 Å². The van der Waals surface area contributed by atoms with E-state index >= 15 is 0 Å². The summed E-state index contributed by atoms with van der Waals surface area (Å²) in [6, 6.07) is 47.5. The third kappa shape index (κ3) is 4.89. The van der Waals surface area contributed by atoms with Crippen molar-refractivity contribution < 1.29 is 0 Å². The summed E-state index contributed by atoms with van der Waals surface area (Å²) in [5, 5.41) is 11.7. The molecule has 0 aromatic heterocycles. The zero-order valence-corrected chi connectivity index (χ0v) is 23.1. The quantitative estimate of drug-likeness (QED) is 0.0515. The van der Waals surface area contributed by atoms with Crippen LogP contribution in [0.4, 0.5) is 0 Å². The number of alkyl halides is 1. The molecule has 0 heterocycles. The second-order valence-electron chi connectivity index (χ2n) is 9.09. The predicted molar refractivity (Wildman–Crippen MR) is 166 cm³/mol. The molecule has 5 aromatic carbocycles. The Balaban J connectivity index is 1.80. The Bertz CT molecular complexity index is 1450. The molecule has 0 fully saturated rings. The molecule has 0 radical (unpaired) electrons. The zero-order valence-electron chi connectivity index (χ0n) is 21.5. The van der Waals surface area contributed by atoms with Crippen molar-refractivity contribution in [3.63, 3.8) is 0 Å². The van der Waals surface area contributed by atoms with E-state index in [-0.39, 0.29) is 0 Å². The molecule has 5 rings (SSSR count). The number of halogens is 1. The molecule has 0 atom stereocenters. The van der Waals surface area contributed by atoms with Crippen LogP contribution in [-0.4, -0.2) is 17.6 Å². The summed E-state index contributed by atoms with van der Waals surface area (Å²) in [4.78, 5) is 0. The topological polar surface area (TPSA) is 54.0 Å². The Kier molecular flexibility index (Phi) is 7.99. The lowest BCUT2D eigenvalue weighted by atomic mass is 9.76. The molecule has 2 N–H and O–H groups in total. The van der Waals surface area contributed by atoms with Crippen LogP contribution < -0.4 is 5.84 Å². The SMILES string of the molecule is C=NN(/C(=N\N)c1ccccc1-c1ccc(CBr)cc1)C(c1ccccc1)(c1ccccc1)c1ccccc1. The van der Waals surface area contributed by atoms with Crippen molar-refractivity contribution in [1.82, 2.24) is 5.01 Å². The van der Waals surface area contributed by atoms with E-state index in [0.717, 1.165) is 38.7 Å². The molecule has 39 heavy (non-hydrogen) atoms. The molecule has 0 amide bonds. The van der Waals surface area contributed by atoms with Gasteiger partial charge in [-0.1, -0.05) is 155 Å². The zero-order chi connectivity index (χ0) is 27.1. The molecule has 0 saturated heterocycles. The highest BCUT2D eigenvalue weighted by atomic mass is 79.9. The van der Waals surface area contributed by atoms with Crippen LogP contribution in [0, 0.1) is 0 Å². The van der Waals surface area contributed by atoms with E-state index in [1.165, 1.54) is 5.56 Å². The van der Waals surface area contributed by atoms with Gasteiger partial charge in [0.25, 0.3) is 0 Å². The first kappa shape index (κ1) is 26.1. The Morgan fingerprint density at radius 3 is 1.56 bits per heavy atom. The van der Waals surface area contributed by atoms with Gasteiger partial charge in [-0.2, -0.15) is 10.2 Å². The van der Waals surface area contributed by atoms with E-state index in [0.29, 0.717) is 5.84 Å². The molecule has 0 spiro atoms. The van der Waals surface area contributed by atoms with Crippen LogP contribution in [-0.2, 0) is 10.9 Å². The van der Waals surface area contributed by atoms with Gasteiger partial charge in [0.05, 0.1) is 0 Å². The van der Waals surface area contributed by atoms with Crippen LogP contribution >= 0.6 is 15.9 Å². The first-order valence-corrected chi connectivity index (χ1v) is 13.8. The Labute approximate surface area is 238 Å². The third-order valence-corrected chi connectivity index (χ3v) is 7.59. The Morgan fingerprint density at radius 2 is 1.13 bits per heavy atom. The predicted octanol–water partition coefficient (Wildman–Crippen LogP) is 7.78. The summed E-state index contributed by atoms with van der Waals surface area (Å²) in [6.07, 6.45) is 0. The first-order valence-electron chi connectivity index (χ1n) is 12.7. The van der Waals surface area contributed by atoms with Crippen molar-refractivity contribution in [1.29, 1.82) is 0 Å². The highest BCUT2D eigenvalue weighted by Gasteiger charge is 2.45. The number of nitrogens with zero attached hydrogens (tertiary/aromatic N) is 3. The highest BCUT2D eigenvalue weighted by molar-refractivity contribution is 9.08. The maximum Gasteiger partial charge on any atom is 0.177 e. The first-order chi connectivity index (χ1) is 19.2. The molecule has 0 aliphatic carbocycles. The van der Waals surface area contributed by atoms with Crippen LogP contribution in [0.3, 0.4) is 0 Å². The minimum absolute atomic E-state index is 0.502. The third-order valence-electron chi connectivity index (χ3n) is 6.94. The molecule has 0 unspecified atom stereocenters. The van der Waals surface area contributed by atoms with Crippen molar-refractivity contribution >= 4 is 28.5 Å². The minimum atomic E-state index is -0.906. The normalized spacial score (nSPS) is 11.7. The van der Waals surface area contributed by atoms with Crippen molar-refractivity contribution in [2.45, 2.75) is 10.9 Å². The van der Waals surface area contributed by atoms with Crippen molar-refractivity contribution in [2.75, 3.05) is 0 Å². The minimum Gasteiger partial charge on any atom is -0.321 e. The molecule has 0 aliphatic heterocycles. The molecule has 5 heteroatoms. The number of nitrogens with two attached hydrogens (primary N) is 1. The monoisotopic (exact) mass is 572 g/mol. The fourth-order valence-corrected chi connectivity index (χ4v) is 5.55. The van der Waals surface area contributed by atoms with Gasteiger partial charge >= 0.3 is 0 Å². The van der Waals surface area contributed by atoms with Gasteiger partial charge in [0.2, 0.25) is 0 Å². The molecule has 5 aromatic rings. The molecule has 0 saturated carbocycles. The molecular weight excluding hydrogens is 544 g/mol. The average molecular weight is 574 g/mol. The van der Waals surface area contributed by atoms with E-state index in [1.807, 2.05) is 77.8 Å². The molecule has 192 valence electrons. The van der Waals surface area contributed by atoms with Gasteiger partial charge in [-0.05, 0) is 33.4 Å². The highest BCUT2D eigenvalue weighted by Crippen LogP contribution is 2.44. The fourth-order valence-electron chi connectivity index (χ4n) is 5.18. The summed E-state index contributed by atoms with van der Waals surface area (Å²) in [7, 11) is 0. The number of rotatable bonds is 8. The number of amidine groups is 1. The summed E-state index contributed by atoms with van der Waals surface area (Å²) < 4.78 is 0. The standard InChI is InChI=1S/C34H29BrN4/c1-37-39(33(38-36)32-20-12-11-19-31(32)27-23-21-26(25-35)22-24-27)34(28-13-5-2-6-14-28,29-15-7-3-8-16-29)30-17-9-4-10-18-30/h2-24H,1,25,36H2/b38-33-. The van der Waals surface area contributed by atoms with Crippen LogP contribution in [0.1, 0.15) is 27.8 Å². The van der Waals surface area contributed by atoms with E-state index in [1.54, 1.807) is 0 Å². The van der Waals surface area contributed by atoms with Gasteiger partial charge in [-0.3, -0.25) is 0 Å². The number of hydrogen-bond donors (Lipinski definition) is 1. The molecule has 0 bridgehead atoms. The molecule has 0 aliphatic rings. The molecule has 4 nitrogen and oxygen atoms in total. The van der Waals surface area contributed by atoms with E-state index < -0.39 is 5.54 Å². The maximum atomic E-state index is 6.26. The van der Waals surface area contributed by atoms with Gasteiger partial charge in [0.1, 0.15) is 5.54 Å². The van der Waals surface area contributed by atoms with Gasteiger partial charge in [-0.25, -0.2) is 5.01 Å². The number of benzene rings is 5. The Hall–Kier alpha value is -4.48. The summed E-state index contributed by atoms with van der Waals surface area (Å²) in [6.45, 7) is 4.06. The van der Waals surface area contributed by atoms with Crippen LogP contribution in [0.15, 0.2) is 150 Å². The smallest absolute Gasteiger partial charge is 0.177 e. The van der Waals surface area contributed by atoms with Crippen LogP contribution in [0.5, 0.6) is 0 Å². The second kappa shape index (κ2) is 11.9. The van der Waals surface area contributed by atoms with Gasteiger partial charge in [0, 0.05) is 17.6 Å². The van der Waals surface area contributed by atoms with Crippen molar-refractivity contribution in [3.05, 3.63) is 167 Å². The lowest BCUT2D eigenvalue weighted by molar-refractivity contribution is 0.279. The average Bonchev–Trinajstić information content (AvgIpc) is 3.03. The van der Waals surface area contributed by atoms with Crippen molar-refractivity contribution in [2.24, 2.45) is 16.0 Å². The molecular formula is C34H29BrN4. The van der Waals surface area contributed by atoms with Gasteiger partial charge < -0.3 is 5.84 Å². The fraction of sp³-hybridized carbons (Fsp3) is 0.0588. The summed E-state index contributed by atoms with van der Waals surface area (Å²) in [5.41, 5.74) is 6.24. The maximum absolute atomic E-state index is 6.26. The van der Waals surface area contributed by atoms with Crippen molar-refractivity contribution in [3.8, 4) is 11.1 Å². The summed E-state index contributed by atoms with van der Waals surface area (Å²) in [5.74, 6) is 6.76. The lowest BCUT2D eigenvalue weighted by Gasteiger charge is -2.43. The largest absolute Gasteiger partial charge is 0.321 e. The van der Waals surface area contributed by atoms with E-state index in [2.05, 4.69) is 99.6 Å². The number of hydrazone groups is 2. The van der Waals surface area contributed by atoms with Gasteiger partial charge in [0.15, 0.2) is 5.84 Å². The lowest BCUT2D eigenvalue weighted by Crippen LogP contribution is -2.49. The van der Waals surface area contributed by atoms with Crippen LogP contribution in [0.2, 0.25) is 0 Å². The number of hydrogen-bond acceptors (Lipinski definition) is 3. The van der Waals surface area contributed by atoms with E-state index in [4.69, 9.17) is 5.84 Å². The second-order valence-corrected chi connectivity index (χ2v) is 9.65. The summed E-state index contributed by atoms with van der Waals surface area (Å²) >= 11 is 3.54. The Morgan fingerprint density at radius 1 is 0.667 bits per heavy atom. The van der Waals surface area contributed by atoms with Gasteiger partial charge in [-0.15, -0.1) is 0 Å². The van der Waals surface area contributed by atoms with Crippen LogP contribution in [0.25, 0.3) is 11.1 Å².